The predicted octanol–water partition coefficient (Wildman–Crippen LogP) is 3.86. The minimum atomic E-state index is -0.00178. The van der Waals surface area contributed by atoms with E-state index in [0.717, 1.165) is 29.0 Å². The van der Waals surface area contributed by atoms with Crippen LogP contribution in [0.1, 0.15) is 36.6 Å². The summed E-state index contributed by atoms with van der Waals surface area (Å²) in [6, 6.07) is 14.1. The Balaban J connectivity index is 2.16. The average Bonchev–Trinajstić information content (AvgIpc) is 2.52. The van der Waals surface area contributed by atoms with Gasteiger partial charge in [-0.05, 0) is 48.7 Å². The van der Waals surface area contributed by atoms with Gasteiger partial charge in [-0.1, -0.05) is 25.1 Å². The standard InChI is InChI=1S/C18H23NO2/c1-4-14-6-5-7-17(10-14)21-12-16-11-15(13(2)19)8-9-18(16)20-3/h5-11,13H,4,12,19H2,1-3H3. The van der Waals surface area contributed by atoms with Gasteiger partial charge in [-0.25, -0.2) is 0 Å². The van der Waals surface area contributed by atoms with E-state index in [1.165, 1.54) is 5.56 Å². The van der Waals surface area contributed by atoms with Gasteiger partial charge in [0.1, 0.15) is 18.1 Å². The van der Waals surface area contributed by atoms with Crippen molar-refractivity contribution in [1.29, 1.82) is 0 Å². The fraction of sp³-hybridized carbons (Fsp3) is 0.333. The fourth-order valence-corrected chi connectivity index (χ4v) is 2.21. The number of ether oxygens (including phenoxy) is 2. The molecule has 112 valence electrons. The van der Waals surface area contributed by atoms with E-state index in [9.17, 15) is 0 Å². The number of hydrogen-bond acceptors (Lipinski definition) is 3. The third kappa shape index (κ3) is 3.99. The third-order valence-corrected chi connectivity index (χ3v) is 3.53. The third-order valence-electron chi connectivity index (χ3n) is 3.53. The number of aryl methyl sites for hydroxylation is 1. The molecule has 0 heterocycles. The molecule has 2 aromatic rings. The quantitative estimate of drug-likeness (QED) is 0.876. The highest BCUT2D eigenvalue weighted by molar-refractivity contribution is 5.38. The number of nitrogens with two attached hydrogens (primary N) is 1. The number of rotatable bonds is 6. The molecule has 0 radical (unpaired) electrons. The molecule has 0 fully saturated rings. The summed E-state index contributed by atoms with van der Waals surface area (Å²) in [5, 5.41) is 0. The Kier molecular flexibility index (Phi) is 5.23. The Labute approximate surface area is 126 Å². The van der Waals surface area contributed by atoms with Gasteiger partial charge in [-0.3, -0.25) is 0 Å². The second kappa shape index (κ2) is 7.14. The van der Waals surface area contributed by atoms with E-state index in [0.29, 0.717) is 6.61 Å². The Bertz CT molecular complexity index is 594. The lowest BCUT2D eigenvalue weighted by atomic mass is 10.1. The molecule has 0 aliphatic rings. The first-order valence-corrected chi connectivity index (χ1v) is 7.28. The molecule has 0 aliphatic heterocycles. The van der Waals surface area contributed by atoms with Crippen molar-refractivity contribution in [2.75, 3.05) is 7.11 Å². The molecule has 1 unspecified atom stereocenters. The van der Waals surface area contributed by atoms with E-state index in [1.54, 1.807) is 7.11 Å². The van der Waals surface area contributed by atoms with Crippen LogP contribution in [0, 0.1) is 0 Å². The van der Waals surface area contributed by atoms with Gasteiger partial charge in [-0.15, -0.1) is 0 Å². The number of hydrogen-bond donors (Lipinski definition) is 1. The van der Waals surface area contributed by atoms with Gasteiger partial charge < -0.3 is 15.2 Å². The molecule has 0 spiro atoms. The summed E-state index contributed by atoms with van der Waals surface area (Å²) >= 11 is 0. The molecule has 0 aliphatic carbocycles. The van der Waals surface area contributed by atoms with E-state index in [4.69, 9.17) is 15.2 Å². The van der Waals surface area contributed by atoms with Crippen molar-refractivity contribution in [3.05, 3.63) is 59.2 Å². The molecule has 0 amide bonds. The normalized spacial score (nSPS) is 12.0. The van der Waals surface area contributed by atoms with Crippen molar-refractivity contribution in [2.45, 2.75) is 32.9 Å². The van der Waals surface area contributed by atoms with E-state index in [-0.39, 0.29) is 6.04 Å². The molecule has 2 rings (SSSR count). The Morgan fingerprint density at radius 1 is 1.14 bits per heavy atom. The molecule has 0 saturated carbocycles. The molecule has 1 atom stereocenters. The van der Waals surface area contributed by atoms with E-state index in [1.807, 2.05) is 37.3 Å². The zero-order valence-electron chi connectivity index (χ0n) is 12.9. The van der Waals surface area contributed by atoms with Crippen LogP contribution in [0.4, 0.5) is 0 Å². The van der Waals surface area contributed by atoms with Crippen LogP contribution in [0.3, 0.4) is 0 Å². The summed E-state index contributed by atoms with van der Waals surface area (Å²) in [4.78, 5) is 0. The van der Waals surface area contributed by atoms with Crippen molar-refractivity contribution < 1.29 is 9.47 Å². The molecular weight excluding hydrogens is 262 g/mol. The molecule has 3 nitrogen and oxygen atoms in total. The van der Waals surface area contributed by atoms with Crippen molar-refractivity contribution in [2.24, 2.45) is 5.73 Å². The Morgan fingerprint density at radius 2 is 1.95 bits per heavy atom. The van der Waals surface area contributed by atoms with Crippen LogP contribution in [0.5, 0.6) is 11.5 Å². The molecule has 2 aromatic carbocycles. The Hall–Kier alpha value is -2.00. The maximum Gasteiger partial charge on any atom is 0.125 e. The summed E-state index contributed by atoms with van der Waals surface area (Å²) in [5.41, 5.74) is 9.29. The topological polar surface area (TPSA) is 44.5 Å². The molecular formula is C18H23NO2. The minimum absolute atomic E-state index is 0.00178. The second-order valence-electron chi connectivity index (χ2n) is 5.15. The summed E-state index contributed by atoms with van der Waals surface area (Å²) in [5.74, 6) is 1.70. The van der Waals surface area contributed by atoms with E-state index < -0.39 is 0 Å². The van der Waals surface area contributed by atoms with Gasteiger partial charge in [0, 0.05) is 11.6 Å². The largest absolute Gasteiger partial charge is 0.496 e. The number of methoxy groups -OCH3 is 1. The molecule has 3 heteroatoms. The van der Waals surface area contributed by atoms with Crippen LogP contribution in [-0.4, -0.2) is 7.11 Å². The van der Waals surface area contributed by atoms with Crippen molar-refractivity contribution in [1.82, 2.24) is 0 Å². The lowest BCUT2D eigenvalue weighted by molar-refractivity contribution is 0.296. The second-order valence-corrected chi connectivity index (χ2v) is 5.15. The van der Waals surface area contributed by atoms with Crippen LogP contribution in [0.25, 0.3) is 0 Å². The first kappa shape index (κ1) is 15.4. The maximum absolute atomic E-state index is 5.94. The van der Waals surface area contributed by atoms with Crippen LogP contribution in [0.15, 0.2) is 42.5 Å². The summed E-state index contributed by atoms with van der Waals surface area (Å²) < 4.78 is 11.3. The SMILES string of the molecule is CCc1cccc(OCc2cc(C(C)N)ccc2OC)c1. The summed E-state index contributed by atoms with van der Waals surface area (Å²) in [6.07, 6.45) is 1.00. The van der Waals surface area contributed by atoms with Gasteiger partial charge in [0.05, 0.1) is 7.11 Å². The molecule has 21 heavy (non-hydrogen) atoms. The van der Waals surface area contributed by atoms with Crippen LogP contribution in [-0.2, 0) is 13.0 Å². The van der Waals surface area contributed by atoms with Crippen LogP contribution in [0.2, 0.25) is 0 Å². The fourth-order valence-electron chi connectivity index (χ4n) is 2.21. The maximum atomic E-state index is 5.94. The highest BCUT2D eigenvalue weighted by atomic mass is 16.5. The zero-order valence-corrected chi connectivity index (χ0v) is 12.9. The van der Waals surface area contributed by atoms with Crippen LogP contribution < -0.4 is 15.2 Å². The lowest BCUT2D eigenvalue weighted by Gasteiger charge is -2.14. The molecule has 0 saturated heterocycles. The summed E-state index contributed by atoms with van der Waals surface area (Å²) in [7, 11) is 1.67. The highest BCUT2D eigenvalue weighted by Gasteiger charge is 2.08. The van der Waals surface area contributed by atoms with Gasteiger partial charge in [0.15, 0.2) is 0 Å². The van der Waals surface area contributed by atoms with Crippen molar-refractivity contribution >= 4 is 0 Å². The summed E-state index contributed by atoms with van der Waals surface area (Å²) in [6.45, 7) is 4.57. The lowest BCUT2D eigenvalue weighted by Crippen LogP contribution is -2.07. The van der Waals surface area contributed by atoms with E-state index in [2.05, 4.69) is 19.1 Å². The van der Waals surface area contributed by atoms with Gasteiger partial charge in [0.2, 0.25) is 0 Å². The first-order chi connectivity index (χ1) is 10.1. The van der Waals surface area contributed by atoms with E-state index >= 15 is 0 Å². The van der Waals surface area contributed by atoms with Crippen molar-refractivity contribution in [3.63, 3.8) is 0 Å². The number of benzene rings is 2. The molecule has 0 aromatic heterocycles. The molecule has 0 bridgehead atoms. The first-order valence-electron chi connectivity index (χ1n) is 7.28. The van der Waals surface area contributed by atoms with Gasteiger partial charge in [-0.2, -0.15) is 0 Å². The van der Waals surface area contributed by atoms with Gasteiger partial charge in [0.25, 0.3) is 0 Å². The van der Waals surface area contributed by atoms with Gasteiger partial charge >= 0.3 is 0 Å². The van der Waals surface area contributed by atoms with Crippen molar-refractivity contribution in [3.8, 4) is 11.5 Å². The average molecular weight is 285 g/mol. The highest BCUT2D eigenvalue weighted by Crippen LogP contribution is 2.24. The predicted molar refractivity (Wildman–Crippen MR) is 85.7 cm³/mol. The zero-order chi connectivity index (χ0) is 15.2. The minimum Gasteiger partial charge on any atom is -0.496 e. The smallest absolute Gasteiger partial charge is 0.125 e. The molecule has 2 N–H and O–H groups in total. The Morgan fingerprint density at radius 3 is 2.62 bits per heavy atom. The van der Waals surface area contributed by atoms with Crippen LogP contribution >= 0.6 is 0 Å². The monoisotopic (exact) mass is 285 g/mol.